The van der Waals surface area contributed by atoms with Gasteiger partial charge in [-0.3, -0.25) is 0 Å². The Hall–Kier alpha value is -3.53. The van der Waals surface area contributed by atoms with Crippen LogP contribution in [0.2, 0.25) is 0 Å². The number of amides is 2. The monoisotopic (exact) mass is 481 g/mol. The van der Waals surface area contributed by atoms with Gasteiger partial charge in [-0.15, -0.1) is 5.10 Å². The predicted octanol–water partition coefficient (Wildman–Crippen LogP) is 3.49. The Balaban J connectivity index is 1.22. The highest BCUT2D eigenvalue weighted by molar-refractivity contribution is 5.91. The zero-order valence-electron chi connectivity index (χ0n) is 20.2. The molecule has 35 heavy (non-hydrogen) atoms. The normalized spacial score (nSPS) is 16.1. The standard InChI is InChI=1S/C25H32FN7O2/c1-32-24(29-30-31-32)20-8-11-23(35-2)22(16-20)28-25(34)27-12-4-14-33-13-3-5-19(17-33)15-18-6-9-21(26)10-7-18/h6-11,16,19H,3-5,12-15,17H2,1-2H3,(H2,27,28,34)/t19-/m0/s1. The molecule has 0 bridgehead atoms. The van der Waals surface area contributed by atoms with Gasteiger partial charge in [0.15, 0.2) is 5.82 Å². The second-order valence-corrected chi connectivity index (χ2v) is 8.92. The number of aromatic nitrogens is 4. The summed E-state index contributed by atoms with van der Waals surface area (Å²) in [6, 6.07) is 11.9. The first kappa shape index (κ1) is 24.6. The highest BCUT2D eigenvalue weighted by Crippen LogP contribution is 2.29. The maximum atomic E-state index is 13.2. The summed E-state index contributed by atoms with van der Waals surface area (Å²) in [5.41, 5.74) is 2.51. The molecule has 1 aromatic heterocycles. The van der Waals surface area contributed by atoms with E-state index >= 15 is 0 Å². The van der Waals surface area contributed by atoms with Crippen molar-refractivity contribution in [3.63, 3.8) is 0 Å². The number of hydrogen-bond acceptors (Lipinski definition) is 6. The van der Waals surface area contributed by atoms with Crippen LogP contribution in [0.25, 0.3) is 11.4 Å². The maximum absolute atomic E-state index is 13.2. The minimum absolute atomic E-state index is 0.190. The van der Waals surface area contributed by atoms with Crippen LogP contribution in [-0.4, -0.2) is 64.4 Å². The first-order valence-electron chi connectivity index (χ1n) is 11.9. The fourth-order valence-corrected chi connectivity index (χ4v) is 4.56. The van der Waals surface area contributed by atoms with E-state index in [9.17, 15) is 9.18 Å². The van der Waals surface area contributed by atoms with Gasteiger partial charge >= 0.3 is 6.03 Å². The summed E-state index contributed by atoms with van der Waals surface area (Å²) in [4.78, 5) is 15.0. The molecule has 3 aromatic rings. The van der Waals surface area contributed by atoms with E-state index in [1.165, 1.54) is 24.1 Å². The minimum atomic E-state index is -0.288. The van der Waals surface area contributed by atoms with E-state index in [-0.39, 0.29) is 11.8 Å². The first-order valence-corrected chi connectivity index (χ1v) is 11.9. The molecule has 186 valence electrons. The number of carbonyl (C=O) groups is 1. The van der Waals surface area contributed by atoms with Crippen molar-refractivity contribution in [2.75, 3.05) is 38.6 Å². The zero-order valence-corrected chi connectivity index (χ0v) is 20.2. The molecule has 2 aromatic carbocycles. The molecule has 1 fully saturated rings. The molecule has 0 radical (unpaired) electrons. The molecule has 0 saturated carbocycles. The van der Waals surface area contributed by atoms with Crippen LogP contribution < -0.4 is 15.4 Å². The van der Waals surface area contributed by atoms with Crippen molar-refractivity contribution in [3.05, 3.63) is 53.8 Å². The van der Waals surface area contributed by atoms with E-state index in [2.05, 4.69) is 31.1 Å². The second-order valence-electron chi connectivity index (χ2n) is 8.92. The molecule has 0 unspecified atom stereocenters. The molecule has 9 nitrogen and oxygen atoms in total. The Morgan fingerprint density at radius 2 is 2.06 bits per heavy atom. The third-order valence-corrected chi connectivity index (χ3v) is 6.30. The van der Waals surface area contributed by atoms with Crippen molar-refractivity contribution >= 4 is 11.7 Å². The van der Waals surface area contributed by atoms with Gasteiger partial charge in [0.2, 0.25) is 0 Å². The van der Waals surface area contributed by atoms with Gasteiger partial charge in [-0.2, -0.15) is 0 Å². The predicted molar refractivity (Wildman–Crippen MR) is 132 cm³/mol. The molecule has 1 aliphatic rings. The lowest BCUT2D eigenvalue weighted by molar-refractivity contribution is 0.172. The molecule has 0 aliphatic carbocycles. The third kappa shape index (κ3) is 6.75. The summed E-state index contributed by atoms with van der Waals surface area (Å²) >= 11 is 0. The van der Waals surface area contributed by atoms with Crippen LogP contribution in [0.1, 0.15) is 24.8 Å². The summed E-state index contributed by atoms with van der Waals surface area (Å²) in [6.07, 6.45) is 4.19. The molecule has 0 spiro atoms. The molecule has 2 N–H and O–H groups in total. The molecule has 2 amide bonds. The van der Waals surface area contributed by atoms with Gasteiger partial charge in [-0.05, 0) is 91.0 Å². The van der Waals surface area contributed by atoms with Gasteiger partial charge < -0.3 is 20.3 Å². The number of ether oxygens (including phenoxy) is 1. The van der Waals surface area contributed by atoms with Gasteiger partial charge in [0.05, 0.1) is 12.8 Å². The number of anilines is 1. The lowest BCUT2D eigenvalue weighted by atomic mass is 9.91. The molecular weight excluding hydrogens is 449 g/mol. The maximum Gasteiger partial charge on any atom is 0.319 e. The van der Waals surface area contributed by atoms with E-state index in [0.29, 0.717) is 29.7 Å². The molecule has 1 atom stereocenters. The number of rotatable bonds is 9. The second kappa shape index (κ2) is 11.7. The third-order valence-electron chi connectivity index (χ3n) is 6.30. The summed E-state index contributed by atoms with van der Waals surface area (Å²) in [5, 5.41) is 17.3. The average Bonchev–Trinajstić information content (AvgIpc) is 3.29. The minimum Gasteiger partial charge on any atom is -0.495 e. The number of likely N-dealkylation sites (tertiary alicyclic amines) is 1. The number of benzene rings is 2. The van der Waals surface area contributed by atoms with E-state index in [1.807, 2.05) is 18.2 Å². The van der Waals surface area contributed by atoms with Crippen LogP contribution in [-0.2, 0) is 13.5 Å². The van der Waals surface area contributed by atoms with E-state index < -0.39 is 0 Å². The first-order chi connectivity index (χ1) is 17.0. The lowest BCUT2D eigenvalue weighted by Gasteiger charge is -2.32. The number of methoxy groups -OCH3 is 1. The largest absolute Gasteiger partial charge is 0.495 e. The van der Waals surface area contributed by atoms with Gasteiger partial charge in [-0.1, -0.05) is 12.1 Å². The number of carbonyl (C=O) groups excluding carboxylic acids is 1. The van der Waals surface area contributed by atoms with Crippen molar-refractivity contribution < 1.29 is 13.9 Å². The molecular formula is C25H32FN7O2. The van der Waals surface area contributed by atoms with E-state index in [4.69, 9.17) is 4.74 Å². The Kier molecular flexibility index (Phi) is 8.25. The fourth-order valence-electron chi connectivity index (χ4n) is 4.56. The highest BCUT2D eigenvalue weighted by Gasteiger charge is 2.20. The van der Waals surface area contributed by atoms with Gasteiger partial charge in [0, 0.05) is 25.7 Å². The molecule has 4 rings (SSSR count). The number of aryl methyl sites for hydroxylation is 1. The van der Waals surface area contributed by atoms with Crippen LogP contribution in [0.5, 0.6) is 5.75 Å². The van der Waals surface area contributed by atoms with Gasteiger partial charge in [0.1, 0.15) is 11.6 Å². The smallest absolute Gasteiger partial charge is 0.319 e. The number of halogens is 1. The van der Waals surface area contributed by atoms with Crippen molar-refractivity contribution in [3.8, 4) is 17.1 Å². The lowest BCUT2D eigenvalue weighted by Crippen LogP contribution is -2.38. The number of nitrogens with zero attached hydrogens (tertiary/aromatic N) is 5. The molecule has 2 heterocycles. The number of piperidine rings is 1. The van der Waals surface area contributed by atoms with Crippen LogP contribution in [0.4, 0.5) is 14.9 Å². The van der Waals surface area contributed by atoms with Crippen LogP contribution in [0.15, 0.2) is 42.5 Å². The average molecular weight is 482 g/mol. The van der Waals surface area contributed by atoms with E-state index in [0.717, 1.165) is 44.5 Å². The van der Waals surface area contributed by atoms with Crippen LogP contribution >= 0.6 is 0 Å². The van der Waals surface area contributed by atoms with Crippen LogP contribution in [0, 0.1) is 11.7 Å². The van der Waals surface area contributed by atoms with Gasteiger partial charge in [-0.25, -0.2) is 13.9 Å². The number of tetrazole rings is 1. The Morgan fingerprint density at radius 3 is 2.80 bits per heavy atom. The molecule has 1 saturated heterocycles. The zero-order chi connectivity index (χ0) is 24.6. The fraction of sp³-hybridized carbons (Fsp3) is 0.440. The summed E-state index contributed by atoms with van der Waals surface area (Å²) in [6.45, 7) is 3.61. The van der Waals surface area contributed by atoms with Crippen LogP contribution in [0.3, 0.4) is 0 Å². The Morgan fingerprint density at radius 1 is 1.23 bits per heavy atom. The van der Waals surface area contributed by atoms with Crippen molar-refractivity contribution in [1.29, 1.82) is 0 Å². The summed E-state index contributed by atoms with van der Waals surface area (Å²) < 4.78 is 20.1. The Bertz CT molecular complexity index is 1120. The van der Waals surface area contributed by atoms with Gasteiger partial charge in [0.25, 0.3) is 0 Å². The Labute approximate surface area is 204 Å². The van der Waals surface area contributed by atoms with Crippen molar-refractivity contribution in [2.45, 2.75) is 25.7 Å². The quantitative estimate of drug-likeness (QED) is 0.454. The number of hydrogen-bond donors (Lipinski definition) is 2. The summed E-state index contributed by atoms with van der Waals surface area (Å²) in [5.74, 6) is 1.54. The molecule has 1 aliphatic heterocycles. The topological polar surface area (TPSA) is 97.2 Å². The van der Waals surface area contributed by atoms with E-state index in [1.54, 1.807) is 31.0 Å². The summed E-state index contributed by atoms with van der Waals surface area (Å²) in [7, 11) is 3.32. The number of urea groups is 1. The highest BCUT2D eigenvalue weighted by atomic mass is 19.1. The van der Waals surface area contributed by atoms with Crippen molar-refractivity contribution in [2.24, 2.45) is 13.0 Å². The van der Waals surface area contributed by atoms with Crippen molar-refractivity contribution in [1.82, 2.24) is 30.4 Å². The number of nitrogens with one attached hydrogen (secondary N) is 2. The SMILES string of the molecule is COc1ccc(-c2nnnn2C)cc1NC(=O)NCCCN1CCC[C@@H](Cc2ccc(F)cc2)C1. The molecule has 10 heteroatoms.